The van der Waals surface area contributed by atoms with Crippen LogP contribution in [-0.4, -0.2) is 22.3 Å². The molecular weight excluding hydrogens is 288 g/mol. The first-order chi connectivity index (χ1) is 10.9. The average molecular weight is 318 g/mol. The van der Waals surface area contributed by atoms with Gasteiger partial charge >= 0.3 is 5.97 Å². The molecule has 0 amide bonds. The lowest BCUT2D eigenvalue weighted by atomic mass is 9.46. The van der Waals surface area contributed by atoms with E-state index in [9.17, 15) is 15.0 Å². The standard InChI is InChI=1S/C20H30O3/c1-12-8-9-14-10-15-17(18(22)23)16(21)11-20(12,15)19(14,2)13-6-4-3-5-7-13/h12-14,16,21H,3-11H2,1-2H3,(H,22,23). The Labute approximate surface area is 139 Å². The van der Waals surface area contributed by atoms with Crippen LogP contribution in [0.4, 0.5) is 0 Å². The molecule has 0 aliphatic heterocycles. The van der Waals surface area contributed by atoms with Crippen LogP contribution < -0.4 is 0 Å². The second-order valence-electron chi connectivity index (χ2n) is 8.89. The van der Waals surface area contributed by atoms with Crippen LogP contribution in [0.15, 0.2) is 11.1 Å². The zero-order valence-corrected chi connectivity index (χ0v) is 14.5. The normalized spacial score (nSPS) is 47.0. The first-order valence-corrected chi connectivity index (χ1v) is 9.57. The fourth-order valence-electron chi connectivity index (χ4n) is 7.43. The van der Waals surface area contributed by atoms with Gasteiger partial charge in [0.1, 0.15) is 0 Å². The van der Waals surface area contributed by atoms with E-state index in [1.54, 1.807) is 0 Å². The van der Waals surface area contributed by atoms with Crippen molar-refractivity contribution >= 4 is 5.97 Å². The summed E-state index contributed by atoms with van der Waals surface area (Å²) in [4.78, 5) is 11.8. The number of carboxylic acids is 1. The monoisotopic (exact) mass is 318 g/mol. The summed E-state index contributed by atoms with van der Waals surface area (Å²) in [5, 5.41) is 20.3. The molecule has 0 heterocycles. The van der Waals surface area contributed by atoms with Crippen molar-refractivity contribution in [3.63, 3.8) is 0 Å². The molecule has 128 valence electrons. The lowest BCUT2D eigenvalue weighted by molar-refractivity contribution is -0.133. The highest BCUT2D eigenvalue weighted by atomic mass is 16.4. The number of hydrogen-bond acceptors (Lipinski definition) is 2. The van der Waals surface area contributed by atoms with Crippen molar-refractivity contribution in [3.05, 3.63) is 11.1 Å². The number of carbonyl (C=O) groups is 1. The van der Waals surface area contributed by atoms with Crippen LogP contribution in [0.1, 0.15) is 71.6 Å². The molecule has 0 radical (unpaired) electrons. The van der Waals surface area contributed by atoms with Gasteiger partial charge in [0.25, 0.3) is 0 Å². The van der Waals surface area contributed by atoms with E-state index in [-0.39, 0.29) is 10.8 Å². The van der Waals surface area contributed by atoms with Gasteiger partial charge in [0.2, 0.25) is 0 Å². The van der Waals surface area contributed by atoms with Gasteiger partial charge in [-0.2, -0.15) is 0 Å². The minimum atomic E-state index is -0.880. The number of allylic oxidation sites excluding steroid dienone is 1. The van der Waals surface area contributed by atoms with E-state index in [4.69, 9.17) is 0 Å². The Morgan fingerprint density at radius 1 is 1.09 bits per heavy atom. The second-order valence-corrected chi connectivity index (χ2v) is 8.89. The van der Waals surface area contributed by atoms with Crippen LogP contribution in [0.5, 0.6) is 0 Å². The molecule has 5 atom stereocenters. The van der Waals surface area contributed by atoms with Gasteiger partial charge in [-0.05, 0) is 67.3 Å². The number of hydrogen-bond donors (Lipinski definition) is 2. The maximum absolute atomic E-state index is 11.8. The number of aliphatic carboxylic acids is 1. The maximum Gasteiger partial charge on any atom is 0.334 e. The summed E-state index contributed by atoms with van der Waals surface area (Å²) >= 11 is 0. The SMILES string of the molecule is CC1CCC2CC3=C(C(=O)O)C(O)CC31C2(C)C1CCCCC1. The maximum atomic E-state index is 11.8. The molecule has 2 bridgehead atoms. The van der Waals surface area contributed by atoms with Gasteiger partial charge in [-0.3, -0.25) is 0 Å². The highest BCUT2D eigenvalue weighted by molar-refractivity contribution is 5.90. The predicted molar refractivity (Wildman–Crippen MR) is 88.9 cm³/mol. The van der Waals surface area contributed by atoms with Gasteiger partial charge in [0, 0.05) is 5.41 Å². The molecule has 2 N–H and O–H groups in total. The third-order valence-corrected chi connectivity index (χ3v) is 8.45. The van der Waals surface area contributed by atoms with E-state index in [2.05, 4.69) is 13.8 Å². The lowest BCUT2D eigenvalue weighted by Gasteiger charge is -2.58. The third-order valence-electron chi connectivity index (χ3n) is 8.45. The number of fused-ring (bicyclic) bond motifs is 1. The first kappa shape index (κ1) is 15.7. The van der Waals surface area contributed by atoms with Crippen molar-refractivity contribution in [3.8, 4) is 0 Å². The molecule has 3 saturated carbocycles. The van der Waals surface area contributed by atoms with Gasteiger partial charge in [-0.1, -0.05) is 33.1 Å². The van der Waals surface area contributed by atoms with Gasteiger partial charge in [0.15, 0.2) is 0 Å². The summed E-state index contributed by atoms with van der Waals surface area (Å²) in [7, 11) is 0. The number of aliphatic hydroxyl groups is 1. The zero-order chi connectivity index (χ0) is 16.4. The Morgan fingerprint density at radius 2 is 1.78 bits per heavy atom. The molecule has 3 heteroatoms. The Bertz CT molecular complexity index is 559. The number of carboxylic acid groups (broad SMARTS) is 1. The smallest absolute Gasteiger partial charge is 0.334 e. The van der Waals surface area contributed by atoms with Crippen LogP contribution in [0.3, 0.4) is 0 Å². The van der Waals surface area contributed by atoms with Crippen molar-refractivity contribution in [1.29, 1.82) is 0 Å². The van der Waals surface area contributed by atoms with E-state index >= 15 is 0 Å². The summed E-state index contributed by atoms with van der Waals surface area (Å²) in [6.07, 6.45) is 9.86. The van der Waals surface area contributed by atoms with Crippen LogP contribution in [0, 0.1) is 28.6 Å². The van der Waals surface area contributed by atoms with Crippen LogP contribution >= 0.6 is 0 Å². The lowest BCUT2D eigenvalue weighted by Crippen LogP contribution is -2.52. The molecule has 0 saturated heterocycles. The quantitative estimate of drug-likeness (QED) is 0.804. The predicted octanol–water partition coefficient (Wildman–Crippen LogP) is 4.16. The topological polar surface area (TPSA) is 57.5 Å². The Kier molecular flexibility index (Phi) is 3.46. The van der Waals surface area contributed by atoms with E-state index in [1.165, 1.54) is 44.9 Å². The highest BCUT2D eigenvalue weighted by Gasteiger charge is 2.69. The van der Waals surface area contributed by atoms with Crippen LogP contribution in [0.25, 0.3) is 0 Å². The Balaban J connectivity index is 1.87. The zero-order valence-electron chi connectivity index (χ0n) is 14.5. The van der Waals surface area contributed by atoms with E-state index in [1.807, 2.05) is 0 Å². The molecule has 4 aliphatic rings. The van der Waals surface area contributed by atoms with E-state index < -0.39 is 12.1 Å². The van der Waals surface area contributed by atoms with E-state index in [0.717, 1.165) is 12.0 Å². The Morgan fingerprint density at radius 3 is 2.43 bits per heavy atom. The van der Waals surface area contributed by atoms with Crippen molar-refractivity contribution in [2.75, 3.05) is 0 Å². The average Bonchev–Trinajstić information content (AvgIpc) is 2.89. The minimum absolute atomic E-state index is 0.0505. The van der Waals surface area contributed by atoms with Gasteiger partial charge in [0.05, 0.1) is 11.7 Å². The van der Waals surface area contributed by atoms with Crippen molar-refractivity contribution < 1.29 is 15.0 Å². The molecule has 4 rings (SSSR count). The minimum Gasteiger partial charge on any atom is -0.478 e. The Hall–Kier alpha value is -0.830. The molecule has 4 aliphatic carbocycles. The van der Waals surface area contributed by atoms with Crippen molar-refractivity contribution in [2.24, 2.45) is 28.6 Å². The van der Waals surface area contributed by atoms with Crippen LogP contribution in [-0.2, 0) is 4.79 Å². The summed E-state index contributed by atoms with van der Waals surface area (Å²) in [5.74, 6) is 0.949. The van der Waals surface area contributed by atoms with Gasteiger partial charge < -0.3 is 10.2 Å². The molecule has 23 heavy (non-hydrogen) atoms. The molecule has 5 unspecified atom stereocenters. The fourth-order valence-corrected chi connectivity index (χ4v) is 7.43. The number of aliphatic hydroxyl groups excluding tert-OH is 1. The molecule has 0 aromatic heterocycles. The molecular formula is C20H30O3. The van der Waals surface area contributed by atoms with E-state index in [0.29, 0.717) is 29.7 Å². The largest absolute Gasteiger partial charge is 0.478 e. The highest BCUT2D eigenvalue weighted by Crippen LogP contribution is 2.75. The molecule has 0 aromatic carbocycles. The summed E-state index contributed by atoms with van der Waals surface area (Å²) in [6, 6.07) is 0. The first-order valence-electron chi connectivity index (χ1n) is 9.57. The van der Waals surface area contributed by atoms with Crippen molar-refractivity contribution in [2.45, 2.75) is 77.7 Å². The molecule has 3 fully saturated rings. The van der Waals surface area contributed by atoms with Crippen LogP contribution in [0.2, 0.25) is 0 Å². The van der Waals surface area contributed by atoms with Gasteiger partial charge in [-0.25, -0.2) is 4.79 Å². The number of rotatable bonds is 2. The molecule has 1 spiro atoms. The third kappa shape index (κ3) is 1.78. The molecule has 0 aromatic rings. The summed E-state index contributed by atoms with van der Waals surface area (Å²) in [5.41, 5.74) is 1.65. The van der Waals surface area contributed by atoms with Gasteiger partial charge in [-0.15, -0.1) is 0 Å². The second kappa shape index (κ2) is 5.08. The summed E-state index contributed by atoms with van der Waals surface area (Å²) < 4.78 is 0. The fraction of sp³-hybridized carbons (Fsp3) is 0.850. The van der Waals surface area contributed by atoms with Crippen molar-refractivity contribution in [1.82, 2.24) is 0 Å². The summed E-state index contributed by atoms with van der Waals surface area (Å²) in [6.45, 7) is 4.79. The molecule has 3 nitrogen and oxygen atoms in total.